The number of ether oxygens (including phenoxy) is 1. The fraction of sp³-hybridized carbons (Fsp3) is 0.167. The second-order valence-electron chi connectivity index (χ2n) is 7.92. The quantitative estimate of drug-likeness (QED) is 0.377. The van der Waals surface area contributed by atoms with Gasteiger partial charge in [0.1, 0.15) is 29.8 Å². The third-order valence-corrected chi connectivity index (χ3v) is 5.65. The fourth-order valence-corrected chi connectivity index (χ4v) is 3.94. The number of pyridine rings is 1. The third-order valence-electron chi connectivity index (χ3n) is 5.65. The Hall–Kier alpha value is -4.47. The summed E-state index contributed by atoms with van der Waals surface area (Å²) in [6.45, 7) is 0.709. The van der Waals surface area contributed by atoms with Crippen molar-refractivity contribution in [1.82, 2.24) is 19.9 Å². The number of nitrogens with zero attached hydrogens (tertiary/aromatic N) is 4. The molecule has 34 heavy (non-hydrogen) atoms. The first-order valence-corrected chi connectivity index (χ1v) is 10.6. The predicted molar refractivity (Wildman–Crippen MR) is 125 cm³/mol. The topological polar surface area (TPSA) is 126 Å². The van der Waals surface area contributed by atoms with Crippen molar-refractivity contribution < 1.29 is 19.0 Å². The molecule has 5 rings (SSSR count). The summed E-state index contributed by atoms with van der Waals surface area (Å²) in [4.78, 5) is 25.4. The largest absolute Gasteiger partial charge is 0.486 e. The molecule has 1 aliphatic heterocycles. The smallest absolute Gasteiger partial charge is 0.407 e. The van der Waals surface area contributed by atoms with Crippen LogP contribution in [0.2, 0.25) is 0 Å². The number of rotatable bonds is 5. The number of halogens is 1. The van der Waals surface area contributed by atoms with E-state index in [4.69, 9.17) is 15.6 Å². The van der Waals surface area contributed by atoms with Gasteiger partial charge in [0.05, 0.1) is 23.4 Å². The average Bonchev–Trinajstić information content (AvgIpc) is 3.30. The van der Waals surface area contributed by atoms with Crippen molar-refractivity contribution in [1.29, 1.82) is 0 Å². The fourth-order valence-electron chi connectivity index (χ4n) is 3.94. The lowest BCUT2D eigenvalue weighted by molar-refractivity contribution is 0.146. The molecule has 10 heteroatoms. The number of fused-ring (bicyclic) bond motifs is 1. The first kappa shape index (κ1) is 21.4. The molecule has 1 amide bonds. The number of hydrogen-bond donors (Lipinski definition) is 3. The van der Waals surface area contributed by atoms with Crippen LogP contribution in [0.1, 0.15) is 6.42 Å². The van der Waals surface area contributed by atoms with Crippen molar-refractivity contribution >= 4 is 34.2 Å². The Balaban J connectivity index is 1.41. The number of nitrogens with one attached hydrogen (secondary N) is 1. The molecule has 1 saturated heterocycles. The molecule has 2 aromatic carbocycles. The first-order valence-electron chi connectivity index (χ1n) is 10.6. The van der Waals surface area contributed by atoms with Gasteiger partial charge in [0, 0.05) is 41.9 Å². The number of amides is 1. The maximum atomic E-state index is 14.2. The lowest BCUT2D eigenvalue weighted by Gasteiger charge is -2.17. The van der Waals surface area contributed by atoms with Crippen LogP contribution in [0.25, 0.3) is 22.2 Å². The second-order valence-corrected chi connectivity index (χ2v) is 7.92. The number of carbonyl (C=O) groups is 1. The molecule has 3 heterocycles. The molecule has 1 atom stereocenters. The monoisotopic (exact) mass is 460 g/mol. The number of benzene rings is 2. The van der Waals surface area contributed by atoms with Crippen molar-refractivity contribution in [2.24, 2.45) is 0 Å². The average molecular weight is 460 g/mol. The van der Waals surface area contributed by atoms with E-state index in [1.54, 1.807) is 48.7 Å². The molecule has 172 valence electrons. The first-order chi connectivity index (χ1) is 16.5. The van der Waals surface area contributed by atoms with E-state index >= 15 is 0 Å². The molecule has 0 radical (unpaired) electrons. The van der Waals surface area contributed by atoms with E-state index in [1.165, 1.54) is 17.3 Å². The minimum atomic E-state index is -0.963. The standard InChI is InChI=1S/C24H21FN6O3/c25-18-4-2-1-3-16(18)20-9-14(5-7-27-20)30-23-17-10-19(26)22(11-21(17)28-13-29-23)34-15-6-8-31(12-15)24(32)33/h1-5,7,9-11,13,15H,6,8,12,26H2,(H,32,33)(H,27,28,29,30). The number of nitrogen functional groups attached to an aromatic ring is 1. The number of likely N-dealkylation sites (tertiary alicyclic amines) is 1. The van der Waals surface area contributed by atoms with Crippen molar-refractivity contribution in [3.05, 3.63) is 66.9 Å². The molecule has 0 aliphatic carbocycles. The Bertz CT molecular complexity index is 1380. The highest BCUT2D eigenvalue weighted by molar-refractivity contribution is 5.94. The van der Waals surface area contributed by atoms with Gasteiger partial charge in [-0.2, -0.15) is 0 Å². The van der Waals surface area contributed by atoms with E-state index in [-0.39, 0.29) is 18.5 Å². The van der Waals surface area contributed by atoms with Crippen molar-refractivity contribution in [3.63, 3.8) is 0 Å². The van der Waals surface area contributed by atoms with Crippen LogP contribution in [0, 0.1) is 5.82 Å². The zero-order valence-electron chi connectivity index (χ0n) is 18.0. The molecule has 0 spiro atoms. The van der Waals surface area contributed by atoms with Gasteiger partial charge in [-0.05, 0) is 30.3 Å². The van der Waals surface area contributed by atoms with Gasteiger partial charge in [0.25, 0.3) is 0 Å². The minimum Gasteiger partial charge on any atom is -0.486 e. The van der Waals surface area contributed by atoms with E-state index in [1.807, 2.05) is 0 Å². The molecule has 1 fully saturated rings. The predicted octanol–water partition coefficient (Wildman–Crippen LogP) is 4.29. The molecule has 1 aliphatic rings. The van der Waals surface area contributed by atoms with E-state index in [0.717, 1.165) is 0 Å². The summed E-state index contributed by atoms with van der Waals surface area (Å²) >= 11 is 0. The zero-order chi connectivity index (χ0) is 23.7. The van der Waals surface area contributed by atoms with Gasteiger partial charge < -0.3 is 25.8 Å². The van der Waals surface area contributed by atoms with E-state index in [9.17, 15) is 9.18 Å². The Morgan fingerprint density at radius 3 is 2.82 bits per heavy atom. The van der Waals surface area contributed by atoms with Crippen LogP contribution in [0.15, 0.2) is 61.1 Å². The highest BCUT2D eigenvalue weighted by Gasteiger charge is 2.28. The van der Waals surface area contributed by atoms with Gasteiger partial charge in [0.2, 0.25) is 0 Å². The maximum absolute atomic E-state index is 14.2. The molecule has 4 aromatic rings. The van der Waals surface area contributed by atoms with Crippen LogP contribution in [0.3, 0.4) is 0 Å². The summed E-state index contributed by atoms with van der Waals surface area (Å²) in [6.07, 6.45) is 2.37. The van der Waals surface area contributed by atoms with Crippen LogP contribution in [0.4, 0.5) is 26.4 Å². The number of aromatic nitrogens is 3. The Labute approximate surface area is 194 Å². The molecule has 0 saturated carbocycles. The van der Waals surface area contributed by atoms with Crippen LogP contribution in [0.5, 0.6) is 5.75 Å². The molecular weight excluding hydrogens is 439 g/mol. The van der Waals surface area contributed by atoms with Gasteiger partial charge >= 0.3 is 6.09 Å². The van der Waals surface area contributed by atoms with E-state index in [0.29, 0.717) is 58.1 Å². The molecular formula is C24H21FN6O3. The number of anilines is 3. The van der Waals surface area contributed by atoms with Crippen LogP contribution in [-0.2, 0) is 0 Å². The van der Waals surface area contributed by atoms with Gasteiger partial charge in [-0.15, -0.1) is 0 Å². The summed E-state index contributed by atoms with van der Waals surface area (Å²) in [7, 11) is 0. The Morgan fingerprint density at radius 1 is 1.18 bits per heavy atom. The molecule has 0 bridgehead atoms. The van der Waals surface area contributed by atoms with Gasteiger partial charge in [-0.1, -0.05) is 12.1 Å². The van der Waals surface area contributed by atoms with Crippen LogP contribution < -0.4 is 15.8 Å². The third kappa shape index (κ3) is 4.25. The number of carboxylic acid groups (broad SMARTS) is 1. The van der Waals surface area contributed by atoms with Crippen LogP contribution >= 0.6 is 0 Å². The summed E-state index contributed by atoms with van der Waals surface area (Å²) in [5.41, 5.74) is 8.81. The van der Waals surface area contributed by atoms with E-state index < -0.39 is 6.09 Å². The van der Waals surface area contributed by atoms with Crippen molar-refractivity contribution in [2.45, 2.75) is 12.5 Å². The SMILES string of the molecule is Nc1cc2c(Nc3ccnc(-c4ccccc4F)c3)ncnc2cc1OC1CCN(C(=O)O)C1. The Kier molecular flexibility index (Phi) is 5.54. The van der Waals surface area contributed by atoms with Gasteiger partial charge in [-0.25, -0.2) is 19.2 Å². The van der Waals surface area contributed by atoms with Crippen molar-refractivity contribution in [3.8, 4) is 17.0 Å². The van der Waals surface area contributed by atoms with Gasteiger partial charge in [-0.3, -0.25) is 4.98 Å². The molecule has 9 nitrogen and oxygen atoms in total. The zero-order valence-corrected chi connectivity index (χ0v) is 18.0. The Morgan fingerprint density at radius 2 is 2.03 bits per heavy atom. The summed E-state index contributed by atoms with van der Waals surface area (Å²) in [6, 6.07) is 13.4. The molecule has 4 N–H and O–H groups in total. The number of hydrogen-bond acceptors (Lipinski definition) is 7. The van der Waals surface area contributed by atoms with Crippen molar-refractivity contribution in [2.75, 3.05) is 24.1 Å². The second kappa shape index (κ2) is 8.81. The lowest BCUT2D eigenvalue weighted by Crippen LogP contribution is -2.29. The van der Waals surface area contributed by atoms with Crippen LogP contribution in [-0.4, -0.2) is 50.2 Å². The minimum absolute atomic E-state index is 0.274. The number of nitrogens with two attached hydrogens (primary N) is 1. The molecule has 1 unspecified atom stereocenters. The molecule has 2 aromatic heterocycles. The maximum Gasteiger partial charge on any atom is 0.407 e. The highest BCUT2D eigenvalue weighted by Crippen LogP contribution is 2.33. The summed E-state index contributed by atoms with van der Waals surface area (Å²) in [5.74, 6) is 0.612. The van der Waals surface area contributed by atoms with Gasteiger partial charge in [0.15, 0.2) is 0 Å². The summed E-state index contributed by atoms with van der Waals surface area (Å²) in [5, 5.41) is 13.0. The summed E-state index contributed by atoms with van der Waals surface area (Å²) < 4.78 is 20.2. The highest BCUT2D eigenvalue weighted by atomic mass is 19.1. The van der Waals surface area contributed by atoms with E-state index in [2.05, 4.69) is 20.3 Å². The normalized spacial score (nSPS) is 15.4. The lowest BCUT2D eigenvalue weighted by atomic mass is 10.1.